The number of thiophene rings is 1. The fraction of sp³-hybridized carbons (Fsp3) is 0.200. The maximum atomic E-state index is 13.2. The van der Waals surface area contributed by atoms with Gasteiger partial charge in [0.25, 0.3) is 11.7 Å². The smallest absolute Gasteiger partial charge is 0.300 e. The Morgan fingerprint density at radius 3 is 2.45 bits per heavy atom. The number of carbonyl (C=O) groups excluding carboxylic acids is 2. The fourth-order valence-electron chi connectivity index (χ4n) is 3.84. The number of aryl methyl sites for hydroxylation is 3. The number of hydrogen-bond acceptors (Lipinski definition) is 5. The number of rotatable bonds is 4. The summed E-state index contributed by atoms with van der Waals surface area (Å²) in [5.74, 6) is -1.17. The lowest BCUT2D eigenvalue weighted by atomic mass is 9.98. The van der Waals surface area contributed by atoms with Gasteiger partial charge in [0.2, 0.25) is 0 Å². The van der Waals surface area contributed by atoms with Crippen molar-refractivity contribution in [2.75, 3.05) is 12.0 Å². The highest BCUT2D eigenvalue weighted by molar-refractivity contribution is 7.10. The first kappa shape index (κ1) is 20.9. The van der Waals surface area contributed by atoms with Crippen LogP contribution >= 0.6 is 11.3 Å². The van der Waals surface area contributed by atoms with E-state index in [9.17, 15) is 14.7 Å². The molecular formula is C25H23NO4S. The van der Waals surface area contributed by atoms with Crippen molar-refractivity contribution < 1.29 is 19.4 Å². The maximum absolute atomic E-state index is 13.2. The van der Waals surface area contributed by atoms with Gasteiger partial charge in [-0.3, -0.25) is 14.5 Å². The average molecular weight is 434 g/mol. The molecule has 0 radical (unpaired) electrons. The summed E-state index contributed by atoms with van der Waals surface area (Å²) in [6, 6.07) is 14.0. The van der Waals surface area contributed by atoms with Gasteiger partial charge in [0, 0.05) is 10.6 Å². The third kappa shape index (κ3) is 3.53. The summed E-state index contributed by atoms with van der Waals surface area (Å²) in [5, 5.41) is 13.2. The summed E-state index contributed by atoms with van der Waals surface area (Å²) < 4.78 is 5.41. The Hall–Kier alpha value is -3.38. The second kappa shape index (κ2) is 8.04. The normalized spacial score (nSPS) is 17.9. The topological polar surface area (TPSA) is 66.8 Å². The van der Waals surface area contributed by atoms with Crippen molar-refractivity contribution >= 4 is 34.5 Å². The monoisotopic (exact) mass is 433 g/mol. The van der Waals surface area contributed by atoms with Crippen LogP contribution in [0.15, 0.2) is 59.5 Å². The molecule has 0 bridgehead atoms. The maximum Gasteiger partial charge on any atom is 0.300 e. The molecule has 1 atom stereocenters. The Labute approximate surface area is 185 Å². The van der Waals surface area contributed by atoms with Gasteiger partial charge in [0.1, 0.15) is 17.6 Å². The molecule has 1 aliphatic rings. The molecule has 0 saturated carbocycles. The number of anilines is 1. The lowest BCUT2D eigenvalue weighted by Gasteiger charge is -2.25. The number of benzene rings is 2. The number of aliphatic hydroxyl groups excluding tert-OH is 1. The van der Waals surface area contributed by atoms with Gasteiger partial charge in [-0.1, -0.05) is 23.8 Å². The van der Waals surface area contributed by atoms with Crippen LogP contribution in [0.4, 0.5) is 5.69 Å². The van der Waals surface area contributed by atoms with Crippen molar-refractivity contribution in [3.63, 3.8) is 0 Å². The molecule has 1 unspecified atom stereocenters. The largest absolute Gasteiger partial charge is 0.507 e. The molecule has 0 spiro atoms. The van der Waals surface area contributed by atoms with E-state index in [0.717, 1.165) is 21.6 Å². The highest BCUT2D eigenvalue weighted by Gasteiger charge is 2.47. The number of nitrogens with zero attached hydrogens (tertiary/aromatic N) is 1. The van der Waals surface area contributed by atoms with Crippen LogP contribution in [-0.4, -0.2) is 23.9 Å². The molecule has 6 heteroatoms. The molecule has 4 rings (SSSR count). The second-order valence-corrected chi connectivity index (χ2v) is 8.64. The molecule has 5 nitrogen and oxygen atoms in total. The lowest BCUT2D eigenvalue weighted by molar-refractivity contribution is -0.132. The average Bonchev–Trinajstić information content (AvgIpc) is 3.37. The highest BCUT2D eigenvalue weighted by atomic mass is 32.1. The minimum atomic E-state index is -0.715. The summed E-state index contributed by atoms with van der Waals surface area (Å²) in [4.78, 5) is 28.7. The zero-order valence-corrected chi connectivity index (χ0v) is 18.6. The molecule has 2 heterocycles. The summed E-state index contributed by atoms with van der Waals surface area (Å²) in [5.41, 5.74) is 4.09. The predicted molar refractivity (Wildman–Crippen MR) is 123 cm³/mol. The first-order valence-corrected chi connectivity index (χ1v) is 10.8. The Bertz CT molecular complexity index is 1210. The molecule has 1 aliphatic heterocycles. The molecule has 31 heavy (non-hydrogen) atoms. The van der Waals surface area contributed by atoms with E-state index in [1.807, 2.05) is 62.5 Å². The van der Waals surface area contributed by atoms with Crippen molar-refractivity contribution in [2.24, 2.45) is 0 Å². The van der Waals surface area contributed by atoms with Crippen LogP contribution in [0.25, 0.3) is 5.76 Å². The van der Waals surface area contributed by atoms with Crippen molar-refractivity contribution in [1.29, 1.82) is 0 Å². The molecule has 1 fully saturated rings. The molecule has 1 amide bonds. The Morgan fingerprint density at radius 2 is 1.81 bits per heavy atom. The second-order valence-electron chi connectivity index (χ2n) is 7.66. The fourth-order valence-corrected chi connectivity index (χ4v) is 4.67. The zero-order valence-electron chi connectivity index (χ0n) is 17.8. The SMILES string of the molecule is COc1ccc(C)cc1/C(O)=C1/C(=O)C(=O)N(c2ccc(C)c(C)c2)C1c1cccs1. The van der Waals surface area contributed by atoms with E-state index < -0.39 is 17.7 Å². The predicted octanol–water partition coefficient (Wildman–Crippen LogP) is 5.31. The Kier molecular flexibility index (Phi) is 5.41. The number of ketones is 1. The Morgan fingerprint density at radius 1 is 1.03 bits per heavy atom. The molecule has 1 N–H and O–H groups in total. The van der Waals surface area contributed by atoms with Gasteiger partial charge in [-0.2, -0.15) is 0 Å². The number of methoxy groups -OCH3 is 1. The number of carbonyl (C=O) groups is 2. The lowest BCUT2D eigenvalue weighted by Crippen LogP contribution is -2.29. The first-order chi connectivity index (χ1) is 14.8. The van der Waals surface area contributed by atoms with E-state index in [0.29, 0.717) is 17.0 Å². The third-order valence-corrected chi connectivity index (χ3v) is 6.56. The molecule has 2 aromatic carbocycles. The van der Waals surface area contributed by atoms with Crippen LogP contribution < -0.4 is 9.64 Å². The number of Topliss-reactive ketones (excluding diaryl/α,β-unsaturated/α-hetero) is 1. The number of hydrogen-bond donors (Lipinski definition) is 1. The summed E-state index contributed by atoms with van der Waals surface area (Å²) in [6.07, 6.45) is 0. The van der Waals surface area contributed by atoms with Gasteiger partial charge >= 0.3 is 0 Å². The van der Waals surface area contributed by atoms with Crippen LogP contribution in [-0.2, 0) is 9.59 Å². The zero-order chi connectivity index (χ0) is 22.3. The number of amides is 1. The minimum absolute atomic E-state index is 0.0644. The quantitative estimate of drug-likeness (QED) is 0.344. The molecule has 3 aromatic rings. The first-order valence-electron chi connectivity index (χ1n) is 9.90. The van der Waals surface area contributed by atoms with Gasteiger partial charge in [-0.15, -0.1) is 11.3 Å². The van der Waals surface area contributed by atoms with E-state index in [4.69, 9.17) is 4.74 Å². The van der Waals surface area contributed by atoms with Gasteiger partial charge in [0.15, 0.2) is 0 Å². The van der Waals surface area contributed by atoms with Gasteiger partial charge in [-0.25, -0.2) is 0 Å². The number of aliphatic hydroxyl groups is 1. The van der Waals surface area contributed by atoms with E-state index in [2.05, 4.69) is 0 Å². The van der Waals surface area contributed by atoms with Gasteiger partial charge in [-0.05, 0) is 67.6 Å². The standard InChI is InChI=1S/C25H23NO4S/c1-14-7-10-19(30-4)18(12-14)23(27)21-22(20-6-5-11-31-20)26(25(29)24(21)28)17-9-8-15(2)16(3)13-17/h5-13,22,27H,1-4H3/b23-21-. The molecule has 1 aromatic heterocycles. The molecular weight excluding hydrogens is 410 g/mol. The van der Waals surface area contributed by atoms with Crippen molar-refractivity contribution in [1.82, 2.24) is 0 Å². The number of ether oxygens (including phenoxy) is 1. The van der Waals surface area contributed by atoms with Gasteiger partial charge < -0.3 is 9.84 Å². The van der Waals surface area contributed by atoms with Crippen molar-refractivity contribution in [2.45, 2.75) is 26.8 Å². The van der Waals surface area contributed by atoms with Crippen LogP contribution in [0.3, 0.4) is 0 Å². The van der Waals surface area contributed by atoms with E-state index >= 15 is 0 Å². The van der Waals surface area contributed by atoms with Crippen LogP contribution in [0.5, 0.6) is 5.75 Å². The van der Waals surface area contributed by atoms with E-state index in [1.165, 1.54) is 23.3 Å². The highest BCUT2D eigenvalue weighted by Crippen LogP contribution is 2.44. The van der Waals surface area contributed by atoms with Gasteiger partial charge in [0.05, 0.1) is 18.2 Å². The summed E-state index contributed by atoms with van der Waals surface area (Å²) in [6.45, 7) is 5.85. The molecule has 0 aliphatic carbocycles. The summed E-state index contributed by atoms with van der Waals surface area (Å²) in [7, 11) is 1.51. The third-order valence-electron chi connectivity index (χ3n) is 5.64. The van der Waals surface area contributed by atoms with Crippen LogP contribution in [0.2, 0.25) is 0 Å². The summed E-state index contributed by atoms with van der Waals surface area (Å²) >= 11 is 1.44. The van der Waals surface area contributed by atoms with Crippen LogP contribution in [0.1, 0.15) is 33.2 Å². The van der Waals surface area contributed by atoms with Crippen molar-refractivity contribution in [3.8, 4) is 5.75 Å². The van der Waals surface area contributed by atoms with E-state index in [1.54, 1.807) is 12.1 Å². The van der Waals surface area contributed by atoms with E-state index in [-0.39, 0.29) is 11.3 Å². The Balaban J connectivity index is 1.97. The van der Waals surface area contributed by atoms with Crippen LogP contribution in [0, 0.1) is 20.8 Å². The van der Waals surface area contributed by atoms with Crippen molar-refractivity contribution in [3.05, 3.63) is 86.6 Å². The minimum Gasteiger partial charge on any atom is -0.507 e. The molecule has 1 saturated heterocycles. The molecule has 158 valence electrons.